The van der Waals surface area contributed by atoms with Crippen LogP contribution in [0, 0.1) is 11.8 Å². The van der Waals surface area contributed by atoms with Crippen LogP contribution in [0.5, 0.6) is 0 Å². The average molecular weight is 291 g/mol. The van der Waals surface area contributed by atoms with E-state index in [9.17, 15) is 4.79 Å². The largest absolute Gasteiger partial charge is 0.296 e. The second-order valence-corrected chi connectivity index (χ2v) is 6.91. The fourth-order valence-corrected chi connectivity index (χ4v) is 3.54. The Labute approximate surface area is 128 Å². The van der Waals surface area contributed by atoms with E-state index >= 15 is 0 Å². The summed E-state index contributed by atoms with van der Waals surface area (Å²) in [5, 5.41) is 8.28. The van der Waals surface area contributed by atoms with Gasteiger partial charge in [0.25, 0.3) is 0 Å². The van der Waals surface area contributed by atoms with Gasteiger partial charge in [0.15, 0.2) is 6.29 Å². The molecule has 4 heteroatoms. The summed E-state index contributed by atoms with van der Waals surface area (Å²) < 4.78 is 1.98. The molecule has 4 nitrogen and oxygen atoms in total. The van der Waals surface area contributed by atoms with E-state index in [1.54, 1.807) is 0 Å². The molecule has 1 aliphatic carbocycles. The third kappa shape index (κ3) is 4.14. The molecule has 1 saturated carbocycles. The summed E-state index contributed by atoms with van der Waals surface area (Å²) in [6.07, 6.45) is 9.82. The average Bonchev–Trinajstić information content (AvgIpc) is 2.87. The Morgan fingerprint density at radius 3 is 2.57 bits per heavy atom. The first-order chi connectivity index (χ1) is 10.2. The molecule has 0 unspecified atom stereocenters. The van der Waals surface area contributed by atoms with Gasteiger partial charge in [0, 0.05) is 12.5 Å². The molecule has 0 saturated heterocycles. The summed E-state index contributed by atoms with van der Waals surface area (Å²) in [7, 11) is 0. The monoisotopic (exact) mass is 291 g/mol. The van der Waals surface area contributed by atoms with Crippen molar-refractivity contribution < 1.29 is 4.79 Å². The van der Waals surface area contributed by atoms with Crippen molar-refractivity contribution in [2.45, 2.75) is 78.2 Å². The Morgan fingerprint density at radius 1 is 1.29 bits per heavy atom. The molecule has 21 heavy (non-hydrogen) atoms. The number of unbranched alkanes of at least 4 members (excludes halogenated alkanes) is 1. The number of hydrogen-bond donors (Lipinski definition) is 0. The van der Waals surface area contributed by atoms with E-state index < -0.39 is 0 Å². The molecular weight excluding hydrogens is 262 g/mol. The van der Waals surface area contributed by atoms with Crippen LogP contribution in [0.25, 0.3) is 0 Å². The molecule has 0 bridgehead atoms. The molecule has 1 aromatic rings. The zero-order valence-corrected chi connectivity index (χ0v) is 13.7. The maximum Gasteiger partial charge on any atom is 0.172 e. The normalized spacial score (nSPS) is 22.7. The Morgan fingerprint density at radius 2 is 2.00 bits per heavy atom. The van der Waals surface area contributed by atoms with Gasteiger partial charge >= 0.3 is 0 Å². The molecule has 118 valence electrons. The summed E-state index contributed by atoms with van der Waals surface area (Å²) in [5.74, 6) is 1.87. The summed E-state index contributed by atoms with van der Waals surface area (Å²) in [6, 6.07) is 0. The molecule has 0 amide bonds. The standard InChI is InChI=1S/C17H29N3O/c1-4-5-6-14-7-9-15(10-8-14)17-16(12-21)18-19-20(17)11-13(2)3/h12-15H,4-11H2,1-3H3. The van der Waals surface area contributed by atoms with Gasteiger partial charge in [0.05, 0.1) is 5.69 Å². The fourth-order valence-electron chi connectivity index (χ4n) is 3.54. The van der Waals surface area contributed by atoms with Crippen LogP contribution >= 0.6 is 0 Å². The summed E-state index contributed by atoms with van der Waals surface area (Å²) in [4.78, 5) is 11.3. The lowest BCUT2D eigenvalue weighted by atomic mass is 9.78. The summed E-state index contributed by atoms with van der Waals surface area (Å²) in [5.41, 5.74) is 1.65. The Hall–Kier alpha value is -1.19. The van der Waals surface area contributed by atoms with Gasteiger partial charge in [-0.25, -0.2) is 4.68 Å². The van der Waals surface area contributed by atoms with Crippen LogP contribution in [0.15, 0.2) is 0 Å². The molecular formula is C17H29N3O. The van der Waals surface area contributed by atoms with E-state index in [1.807, 2.05) is 4.68 Å². The van der Waals surface area contributed by atoms with Crippen molar-refractivity contribution in [2.24, 2.45) is 11.8 Å². The minimum absolute atomic E-state index is 0.469. The lowest BCUT2D eigenvalue weighted by molar-refractivity contribution is 0.111. The van der Waals surface area contributed by atoms with E-state index in [0.717, 1.165) is 24.4 Å². The quantitative estimate of drug-likeness (QED) is 0.707. The molecule has 1 heterocycles. The van der Waals surface area contributed by atoms with Crippen molar-refractivity contribution in [2.75, 3.05) is 0 Å². The number of aromatic nitrogens is 3. The highest BCUT2D eigenvalue weighted by atomic mass is 16.1. The highest BCUT2D eigenvalue weighted by Crippen LogP contribution is 2.38. The Balaban J connectivity index is 2.04. The van der Waals surface area contributed by atoms with Crippen LogP contribution in [0.4, 0.5) is 0 Å². The maximum absolute atomic E-state index is 11.3. The number of nitrogens with zero attached hydrogens (tertiary/aromatic N) is 3. The highest BCUT2D eigenvalue weighted by molar-refractivity contribution is 5.73. The number of rotatable bonds is 7. The molecule has 1 fully saturated rings. The smallest absolute Gasteiger partial charge is 0.172 e. The number of aldehydes is 1. The summed E-state index contributed by atoms with van der Waals surface area (Å²) in [6.45, 7) is 7.46. The molecule has 0 aromatic carbocycles. The molecule has 0 radical (unpaired) electrons. The van der Waals surface area contributed by atoms with Gasteiger partial charge in [-0.15, -0.1) is 5.10 Å². The topological polar surface area (TPSA) is 47.8 Å². The predicted molar refractivity (Wildman–Crippen MR) is 84.5 cm³/mol. The molecule has 1 aliphatic rings. The molecule has 1 aromatic heterocycles. The van der Waals surface area contributed by atoms with E-state index in [-0.39, 0.29) is 0 Å². The van der Waals surface area contributed by atoms with E-state index in [0.29, 0.717) is 17.5 Å². The first-order valence-electron chi connectivity index (χ1n) is 8.54. The van der Waals surface area contributed by atoms with Gasteiger partial charge < -0.3 is 0 Å². The zero-order valence-electron chi connectivity index (χ0n) is 13.7. The van der Waals surface area contributed by atoms with Crippen LogP contribution in [0.1, 0.15) is 87.8 Å². The predicted octanol–water partition coefficient (Wildman–Crippen LogP) is 4.21. The fraction of sp³-hybridized carbons (Fsp3) is 0.824. The van der Waals surface area contributed by atoms with Crippen molar-refractivity contribution in [3.8, 4) is 0 Å². The van der Waals surface area contributed by atoms with Crippen LogP contribution in [-0.4, -0.2) is 21.3 Å². The van der Waals surface area contributed by atoms with Crippen LogP contribution in [0.3, 0.4) is 0 Å². The first-order valence-corrected chi connectivity index (χ1v) is 8.54. The van der Waals surface area contributed by atoms with Crippen molar-refractivity contribution in [3.63, 3.8) is 0 Å². The third-order valence-corrected chi connectivity index (χ3v) is 4.65. The SMILES string of the molecule is CCCCC1CCC(c2c(C=O)nnn2CC(C)C)CC1. The van der Waals surface area contributed by atoms with Gasteiger partial charge in [0.2, 0.25) is 0 Å². The van der Waals surface area contributed by atoms with E-state index in [1.165, 1.54) is 44.9 Å². The van der Waals surface area contributed by atoms with Gasteiger partial charge in [0.1, 0.15) is 5.69 Å². The number of hydrogen-bond acceptors (Lipinski definition) is 3. The second-order valence-electron chi connectivity index (χ2n) is 6.91. The minimum atomic E-state index is 0.469. The van der Waals surface area contributed by atoms with Gasteiger partial charge in [-0.1, -0.05) is 45.2 Å². The Kier molecular flexibility index (Phi) is 5.95. The molecule has 0 aliphatic heterocycles. The maximum atomic E-state index is 11.3. The van der Waals surface area contributed by atoms with E-state index in [2.05, 4.69) is 31.1 Å². The molecule has 2 rings (SSSR count). The lowest BCUT2D eigenvalue weighted by Gasteiger charge is -2.29. The van der Waals surface area contributed by atoms with Crippen molar-refractivity contribution in [3.05, 3.63) is 11.4 Å². The van der Waals surface area contributed by atoms with Crippen molar-refractivity contribution in [1.82, 2.24) is 15.0 Å². The molecule has 0 N–H and O–H groups in total. The number of carbonyl (C=O) groups excluding carboxylic acids is 1. The third-order valence-electron chi connectivity index (χ3n) is 4.65. The first kappa shape index (κ1) is 16.2. The Bertz CT molecular complexity index is 445. The van der Waals surface area contributed by atoms with Gasteiger partial charge in [-0.2, -0.15) is 0 Å². The van der Waals surface area contributed by atoms with Crippen molar-refractivity contribution >= 4 is 6.29 Å². The van der Waals surface area contributed by atoms with Crippen LogP contribution in [-0.2, 0) is 6.54 Å². The molecule has 0 spiro atoms. The van der Waals surface area contributed by atoms with Crippen LogP contribution in [0.2, 0.25) is 0 Å². The van der Waals surface area contributed by atoms with Gasteiger partial charge in [-0.3, -0.25) is 4.79 Å². The second kappa shape index (κ2) is 7.71. The van der Waals surface area contributed by atoms with Crippen molar-refractivity contribution in [1.29, 1.82) is 0 Å². The number of carbonyl (C=O) groups is 1. The molecule has 0 atom stereocenters. The van der Waals surface area contributed by atoms with Gasteiger partial charge in [-0.05, 0) is 37.5 Å². The minimum Gasteiger partial charge on any atom is -0.296 e. The highest BCUT2D eigenvalue weighted by Gasteiger charge is 2.27. The summed E-state index contributed by atoms with van der Waals surface area (Å²) >= 11 is 0. The lowest BCUT2D eigenvalue weighted by Crippen LogP contribution is -2.19. The van der Waals surface area contributed by atoms with Crippen LogP contribution < -0.4 is 0 Å². The zero-order chi connectivity index (χ0) is 15.2. The van der Waals surface area contributed by atoms with E-state index in [4.69, 9.17) is 0 Å².